The van der Waals surface area contributed by atoms with Crippen LogP contribution in [0.15, 0.2) is 0 Å². The van der Waals surface area contributed by atoms with Crippen LogP contribution in [0.1, 0.15) is 40.6 Å². The molecule has 2 rings (SSSR count). The standard InChI is InChI=1S/C13H19NO5S2/c1-2-19-7-8-21(17,18)14-12-11(13(15)16)9-5-3-4-6-10(9)20-12/h14H,2-8H2,1H3,(H,15,16). The summed E-state index contributed by atoms with van der Waals surface area (Å²) in [7, 11) is -3.59. The zero-order valence-corrected chi connectivity index (χ0v) is 13.5. The van der Waals surface area contributed by atoms with Crippen molar-refractivity contribution in [2.45, 2.75) is 32.6 Å². The molecule has 0 saturated carbocycles. The summed E-state index contributed by atoms with van der Waals surface area (Å²) < 4.78 is 31.4. The van der Waals surface area contributed by atoms with Crippen LogP contribution in [0.2, 0.25) is 0 Å². The lowest BCUT2D eigenvalue weighted by Gasteiger charge is -2.11. The van der Waals surface area contributed by atoms with Crippen LogP contribution >= 0.6 is 11.3 Å². The third kappa shape index (κ3) is 3.96. The van der Waals surface area contributed by atoms with Gasteiger partial charge in [0.15, 0.2) is 0 Å². The molecule has 118 valence electrons. The number of thiophene rings is 1. The first-order valence-electron chi connectivity index (χ1n) is 6.90. The lowest BCUT2D eigenvalue weighted by Crippen LogP contribution is -2.21. The molecular weight excluding hydrogens is 314 g/mol. The summed E-state index contributed by atoms with van der Waals surface area (Å²) in [6.07, 6.45) is 3.48. The number of carboxylic acids is 1. The Labute approximate surface area is 128 Å². The number of aromatic carboxylic acids is 1. The van der Waals surface area contributed by atoms with Crippen LogP contribution in [0.25, 0.3) is 0 Å². The third-order valence-electron chi connectivity index (χ3n) is 3.33. The molecule has 0 unspecified atom stereocenters. The van der Waals surface area contributed by atoms with E-state index in [9.17, 15) is 18.3 Å². The normalized spacial score (nSPS) is 14.7. The minimum atomic E-state index is -3.59. The summed E-state index contributed by atoms with van der Waals surface area (Å²) in [5, 5.41) is 9.60. The average Bonchev–Trinajstić information content (AvgIpc) is 2.75. The number of hydrogen-bond acceptors (Lipinski definition) is 5. The molecule has 0 aliphatic heterocycles. The third-order valence-corrected chi connectivity index (χ3v) is 5.89. The molecule has 6 nitrogen and oxygen atoms in total. The van der Waals surface area contributed by atoms with Crippen LogP contribution < -0.4 is 4.72 Å². The van der Waals surface area contributed by atoms with Gasteiger partial charge in [-0.1, -0.05) is 0 Å². The number of aryl methyl sites for hydroxylation is 1. The topological polar surface area (TPSA) is 92.7 Å². The van der Waals surface area contributed by atoms with Gasteiger partial charge >= 0.3 is 5.97 Å². The van der Waals surface area contributed by atoms with Gasteiger partial charge in [0, 0.05) is 11.5 Å². The van der Waals surface area contributed by atoms with Crippen molar-refractivity contribution in [3.63, 3.8) is 0 Å². The Morgan fingerprint density at radius 1 is 1.38 bits per heavy atom. The Balaban J connectivity index is 2.23. The van der Waals surface area contributed by atoms with Crippen LogP contribution in [0.4, 0.5) is 5.00 Å². The Bertz CT molecular complexity index is 621. The first-order chi connectivity index (χ1) is 9.94. The van der Waals surface area contributed by atoms with E-state index in [1.54, 1.807) is 6.92 Å². The lowest BCUT2D eigenvalue weighted by molar-refractivity contribution is 0.0697. The van der Waals surface area contributed by atoms with Gasteiger partial charge in [-0.3, -0.25) is 4.72 Å². The molecule has 0 fully saturated rings. The molecule has 1 aliphatic carbocycles. The van der Waals surface area contributed by atoms with Crippen molar-refractivity contribution in [1.82, 2.24) is 0 Å². The molecular formula is C13H19NO5S2. The zero-order valence-electron chi connectivity index (χ0n) is 11.8. The second-order valence-corrected chi connectivity index (χ2v) is 7.79. The summed E-state index contributed by atoms with van der Waals surface area (Å²) in [4.78, 5) is 12.4. The largest absolute Gasteiger partial charge is 0.478 e. The molecule has 1 aromatic rings. The van der Waals surface area contributed by atoms with E-state index in [4.69, 9.17) is 4.74 Å². The average molecular weight is 333 g/mol. The number of fused-ring (bicyclic) bond motifs is 1. The van der Waals surface area contributed by atoms with Crippen molar-refractivity contribution < 1.29 is 23.1 Å². The van der Waals surface area contributed by atoms with Crippen LogP contribution in [-0.4, -0.2) is 38.5 Å². The molecule has 0 amide bonds. The van der Waals surface area contributed by atoms with E-state index in [1.807, 2.05) is 0 Å². The van der Waals surface area contributed by atoms with Crippen LogP contribution in [0.3, 0.4) is 0 Å². The van der Waals surface area contributed by atoms with Crippen molar-refractivity contribution in [2.24, 2.45) is 0 Å². The van der Waals surface area contributed by atoms with Gasteiger partial charge in [-0.15, -0.1) is 11.3 Å². The second kappa shape index (κ2) is 6.76. The summed E-state index contributed by atoms with van der Waals surface area (Å²) in [5.41, 5.74) is 0.913. The van der Waals surface area contributed by atoms with E-state index in [0.717, 1.165) is 29.7 Å². The van der Waals surface area contributed by atoms with Gasteiger partial charge in [-0.05, 0) is 38.2 Å². The first kappa shape index (κ1) is 16.3. The molecule has 1 aliphatic rings. The van der Waals surface area contributed by atoms with Crippen molar-refractivity contribution >= 4 is 32.3 Å². The maximum Gasteiger partial charge on any atom is 0.339 e. The predicted molar refractivity (Wildman–Crippen MR) is 81.8 cm³/mol. The monoisotopic (exact) mass is 333 g/mol. The van der Waals surface area contributed by atoms with Gasteiger partial charge in [-0.25, -0.2) is 13.2 Å². The Morgan fingerprint density at radius 2 is 2.10 bits per heavy atom. The second-order valence-electron chi connectivity index (χ2n) is 4.84. The Morgan fingerprint density at radius 3 is 2.76 bits per heavy atom. The number of anilines is 1. The SMILES string of the molecule is CCOCCS(=O)(=O)Nc1sc2c(c1C(=O)O)CCCC2. The maximum absolute atomic E-state index is 12.0. The minimum Gasteiger partial charge on any atom is -0.478 e. The molecule has 1 aromatic heterocycles. The van der Waals surface area contributed by atoms with E-state index in [2.05, 4.69) is 4.72 Å². The number of rotatable bonds is 7. The van der Waals surface area contributed by atoms with Crippen molar-refractivity contribution in [3.05, 3.63) is 16.0 Å². The molecule has 8 heteroatoms. The Hall–Kier alpha value is -1.12. The predicted octanol–water partition coefficient (Wildman–Crippen LogP) is 2.10. The fourth-order valence-electron chi connectivity index (χ4n) is 2.37. The van der Waals surface area contributed by atoms with Crippen LogP contribution in [-0.2, 0) is 27.6 Å². The van der Waals surface area contributed by atoms with E-state index in [1.165, 1.54) is 11.3 Å². The molecule has 1 heterocycles. The first-order valence-corrected chi connectivity index (χ1v) is 9.37. The van der Waals surface area contributed by atoms with E-state index in [-0.39, 0.29) is 22.9 Å². The number of ether oxygens (including phenoxy) is 1. The molecule has 0 radical (unpaired) electrons. The van der Waals surface area contributed by atoms with Crippen molar-refractivity contribution in [3.8, 4) is 0 Å². The molecule has 2 N–H and O–H groups in total. The number of hydrogen-bond donors (Lipinski definition) is 2. The fourth-order valence-corrected chi connectivity index (χ4v) is 4.87. The smallest absolute Gasteiger partial charge is 0.339 e. The fraction of sp³-hybridized carbons (Fsp3) is 0.615. The van der Waals surface area contributed by atoms with Crippen LogP contribution in [0, 0.1) is 0 Å². The van der Waals surface area contributed by atoms with Gasteiger partial charge in [-0.2, -0.15) is 0 Å². The number of nitrogens with one attached hydrogen (secondary N) is 1. The highest BCUT2D eigenvalue weighted by Gasteiger charge is 2.27. The van der Waals surface area contributed by atoms with Gasteiger partial charge in [0.1, 0.15) is 5.00 Å². The van der Waals surface area contributed by atoms with E-state index >= 15 is 0 Å². The molecule has 0 bridgehead atoms. The van der Waals surface area contributed by atoms with Gasteiger partial charge in [0.05, 0.1) is 17.9 Å². The summed E-state index contributed by atoms with van der Waals surface area (Å²) in [5.74, 6) is -1.25. The highest BCUT2D eigenvalue weighted by molar-refractivity contribution is 7.92. The number of carbonyl (C=O) groups is 1. The quantitative estimate of drug-likeness (QED) is 0.746. The van der Waals surface area contributed by atoms with Gasteiger partial charge < -0.3 is 9.84 Å². The summed E-state index contributed by atoms with van der Waals surface area (Å²) >= 11 is 1.24. The van der Waals surface area contributed by atoms with E-state index in [0.29, 0.717) is 13.0 Å². The zero-order chi connectivity index (χ0) is 15.5. The minimum absolute atomic E-state index is 0.0966. The Kier molecular flexibility index (Phi) is 5.23. The summed E-state index contributed by atoms with van der Waals surface area (Å²) in [6, 6.07) is 0. The van der Waals surface area contributed by atoms with Gasteiger partial charge in [0.25, 0.3) is 0 Å². The molecule has 0 saturated heterocycles. The molecule has 21 heavy (non-hydrogen) atoms. The molecule has 0 aromatic carbocycles. The molecule has 0 atom stereocenters. The maximum atomic E-state index is 12.0. The summed E-state index contributed by atoms with van der Waals surface area (Å²) in [6.45, 7) is 2.33. The van der Waals surface area contributed by atoms with Crippen LogP contribution in [0.5, 0.6) is 0 Å². The van der Waals surface area contributed by atoms with Crippen molar-refractivity contribution in [2.75, 3.05) is 23.7 Å². The number of sulfonamides is 1. The van der Waals surface area contributed by atoms with E-state index < -0.39 is 16.0 Å². The lowest BCUT2D eigenvalue weighted by atomic mass is 9.96. The van der Waals surface area contributed by atoms with Crippen molar-refractivity contribution in [1.29, 1.82) is 0 Å². The number of carboxylic acid groups (broad SMARTS) is 1. The molecule has 0 spiro atoms. The van der Waals surface area contributed by atoms with Gasteiger partial charge in [0.2, 0.25) is 10.0 Å². The highest BCUT2D eigenvalue weighted by atomic mass is 32.2. The highest BCUT2D eigenvalue weighted by Crippen LogP contribution is 2.38.